The zero-order chi connectivity index (χ0) is 104. The van der Waals surface area contributed by atoms with Gasteiger partial charge in [0.15, 0.2) is 0 Å². The van der Waals surface area contributed by atoms with E-state index in [0.717, 1.165) is 70.9 Å². The molecule has 4 fully saturated rings. The van der Waals surface area contributed by atoms with Gasteiger partial charge in [-0.15, -0.1) is 0 Å². The van der Waals surface area contributed by atoms with E-state index in [0.29, 0.717) is 193 Å². The Morgan fingerprint density at radius 3 is 1.01 bits per heavy atom. The van der Waals surface area contributed by atoms with Gasteiger partial charge in [0.05, 0.1) is 94.2 Å². The van der Waals surface area contributed by atoms with Crippen molar-refractivity contribution in [2.24, 2.45) is 14.1 Å². The number of alkyl halides is 4. The van der Waals surface area contributed by atoms with Gasteiger partial charge in [0.2, 0.25) is 23.6 Å². The van der Waals surface area contributed by atoms with Gasteiger partial charge < -0.3 is 56.8 Å². The lowest BCUT2D eigenvalue weighted by Gasteiger charge is -2.37. The molecular weight excluding hydrogens is 1910 g/mol. The maximum Gasteiger partial charge on any atom is 0.266 e. The van der Waals surface area contributed by atoms with Crippen LogP contribution in [0.3, 0.4) is 0 Å². The first-order chi connectivity index (χ1) is 71.0. The molecule has 4 amide bonds. The van der Waals surface area contributed by atoms with E-state index in [1.54, 1.807) is 124 Å². The molecule has 768 valence electrons. The van der Waals surface area contributed by atoms with Crippen LogP contribution in [0.4, 0.5) is 35.1 Å². The van der Waals surface area contributed by atoms with Gasteiger partial charge in [-0.1, -0.05) is 26.0 Å². The van der Waals surface area contributed by atoms with Crippen LogP contribution in [0.2, 0.25) is 0 Å². The summed E-state index contributed by atoms with van der Waals surface area (Å²) in [6.45, 7) is 21.5. The molecule has 0 N–H and O–H groups in total. The van der Waals surface area contributed by atoms with Crippen molar-refractivity contribution < 1.29 is 73.2 Å². The van der Waals surface area contributed by atoms with Crippen LogP contribution >= 0.6 is 0 Å². The summed E-state index contributed by atoms with van der Waals surface area (Å²) in [6, 6.07) is 19.9. The zero-order valence-electron chi connectivity index (χ0n) is 84.5. The number of pyridine rings is 4. The van der Waals surface area contributed by atoms with E-state index in [2.05, 4.69) is 53.9 Å². The van der Waals surface area contributed by atoms with Crippen LogP contribution in [-0.4, -0.2) is 221 Å². The topological polar surface area (TPSA) is 312 Å². The first kappa shape index (κ1) is 99.3. The zero-order valence-corrected chi connectivity index (χ0v) is 84.5. The summed E-state index contributed by atoms with van der Waals surface area (Å²) < 4.78 is 157. The minimum Gasteiger partial charge on any atom is -0.381 e. The SMILES string of the molecule is C[C@@H]1C(=O)N(C)Cc2c(-c3c(F)ccc4nc(-c5ccn(C)n5)c(C(F)F)cc34)nc(C3(C)CCOCC3)n21.C[C@H]1C(=O)N(C)Cc2c(-c3c(F)ccc4nc(-c5ccn(C)n5)c(C(F)F)cc34)nc(C3(C)CCOCC3)n21.Cc1cn(-c2cc3ccc(F)c(-c4nc(C5CCOCC5)n5c4CN(C)C(=O)[C@@H]5C)c3cn2)cn1.Cc1cn(-c2cc3ccc(F)c(-c4nc(C5CCOCC5)n5c4CN(C)C(=O)[C@H]5C)c3cn2)cn1. The lowest BCUT2D eigenvalue weighted by atomic mass is 9.81. The van der Waals surface area contributed by atoms with E-state index in [4.69, 9.17) is 38.9 Å². The smallest absolute Gasteiger partial charge is 0.266 e. The van der Waals surface area contributed by atoms with Gasteiger partial charge in [-0.3, -0.25) is 37.7 Å². The Morgan fingerprint density at radius 2 is 0.689 bits per heavy atom. The van der Waals surface area contributed by atoms with Crippen molar-refractivity contribution in [2.75, 3.05) is 81.0 Å². The third-order valence-electron chi connectivity index (χ3n) is 30.5. The number of halogens is 8. The third kappa shape index (κ3) is 17.7. The minimum atomic E-state index is -2.86. The second-order valence-corrected chi connectivity index (χ2v) is 40.5. The molecule has 4 atom stereocenters. The lowest BCUT2D eigenvalue weighted by molar-refractivity contribution is -0.136. The van der Waals surface area contributed by atoms with Gasteiger partial charge in [-0.05, 0) is 176 Å². The van der Waals surface area contributed by atoms with Crippen LogP contribution < -0.4 is 0 Å². The fourth-order valence-electron chi connectivity index (χ4n) is 22.4. The van der Waals surface area contributed by atoms with Crippen LogP contribution in [0.25, 0.3) is 123 Å². The summed E-state index contributed by atoms with van der Waals surface area (Å²) in [5, 5.41) is 12.1. The Morgan fingerprint density at radius 1 is 0.372 bits per heavy atom. The number of likely N-dealkylation sites (N-methyl/N-ethyl adjacent to an activating group) is 4. The fraction of sp³-hybridized carbons (Fsp3) is 0.407. The van der Waals surface area contributed by atoms with Crippen molar-refractivity contribution in [2.45, 2.75) is 193 Å². The molecule has 12 aromatic heterocycles. The summed E-state index contributed by atoms with van der Waals surface area (Å²) >= 11 is 0. The largest absolute Gasteiger partial charge is 0.381 e. The van der Waals surface area contributed by atoms with Gasteiger partial charge >= 0.3 is 0 Å². The first-order valence-electron chi connectivity index (χ1n) is 49.8. The molecule has 16 aromatic rings. The average molecular weight is 2030 g/mol. The van der Waals surface area contributed by atoms with Crippen molar-refractivity contribution in [3.63, 3.8) is 0 Å². The van der Waals surface area contributed by atoms with Gasteiger partial charge in [-0.25, -0.2) is 85.0 Å². The normalized spacial score (nSPS) is 19.1. The van der Waals surface area contributed by atoms with Crippen molar-refractivity contribution >= 4 is 67.0 Å². The Hall–Kier alpha value is -14.6. The van der Waals surface area contributed by atoms with Gasteiger partial charge in [-0.2, -0.15) is 10.2 Å². The number of hydrogen-bond donors (Lipinski definition) is 0. The van der Waals surface area contributed by atoms with E-state index in [1.165, 1.54) is 57.9 Å². The van der Waals surface area contributed by atoms with Gasteiger partial charge in [0.25, 0.3) is 12.9 Å². The van der Waals surface area contributed by atoms with Crippen molar-refractivity contribution in [3.05, 3.63) is 227 Å². The number of ether oxygens (including phenoxy) is 4. The average Bonchev–Trinajstić information content (AvgIpc) is 1.59. The molecule has 24 rings (SSSR count). The van der Waals surface area contributed by atoms with E-state index < -0.39 is 59.5 Å². The second kappa shape index (κ2) is 39.2. The van der Waals surface area contributed by atoms with Crippen LogP contribution in [0.5, 0.6) is 0 Å². The molecule has 0 bridgehead atoms. The molecule has 0 aliphatic carbocycles. The number of benzene rings is 4. The van der Waals surface area contributed by atoms with Crippen LogP contribution in [0.1, 0.15) is 210 Å². The highest BCUT2D eigenvalue weighted by atomic mass is 19.3. The maximum atomic E-state index is 15.8. The van der Waals surface area contributed by atoms with Crippen LogP contribution in [0, 0.1) is 37.1 Å². The van der Waals surface area contributed by atoms with Gasteiger partial charge in [0, 0.05) is 210 Å². The number of carbonyl (C=O) groups excluding carboxylic acids is 4. The number of hydrogen-bond acceptors (Lipinski definition) is 20. The van der Waals surface area contributed by atoms with E-state index in [1.807, 2.05) is 93.5 Å². The molecule has 8 aliphatic heterocycles. The van der Waals surface area contributed by atoms with Crippen molar-refractivity contribution in [1.82, 2.24) is 116 Å². The quantitative estimate of drug-likeness (QED) is 0.0913. The molecule has 0 saturated carbocycles. The van der Waals surface area contributed by atoms with Crippen molar-refractivity contribution in [3.8, 4) is 79.4 Å². The summed E-state index contributed by atoms with van der Waals surface area (Å²) in [7, 11) is 10.4. The molecule has 4 aromatic carbocycles. The number of carbonyl (C=O) groups is 4. The Balaban J connectivity index is 0.000000116. The molecule has 20 heterocycles. The van der Waals surface area contributed by atoms with Crippen molar-refractivity contribution in [1.29, 1.82) is 0 Å². The molecule has 4 saturated heterocycles. The Labute approximate surface area is 846 Å². The summed E-state index contributed by atoms with van der Waals surface area (Å²) in [6.07, 6.45) is 14.4. The minimum absolute atomic E-state index is 0.0371. The maximum absolute atomic E-state index is 15.8. The molecule has 8 aliphatic rings. The molecule has 148 heavy (non-hydrogen) atoms. The monoisotopic (exact) mass is 2020 g/mol. The van der Waals surface area contributed by atoms with Crippen LogP contribution in [-0.2, 0) is 89.2 Å². The highest BCUT2D eigenvalue weighted by Gasteiger charge is 2.47. The highest BCUT2D eigenvalue weighted by molar-refractivity contribution is 6.01. The number of aromatic nitrogens is 20. The number of rotatable bonds is 14. The summed E-state index contributed by atoms with van der Waals surface area (Å²) in [5.74, 6) is 2.90. The molecule has 0 radical (unpaired) electrons. The first-order valence-corrected chi connectivity index (χ1v) is 49.8. The number of imidazole rings is 6. The molecule has 0 unspecified atom stereocenters. The number of aryl methyl sites for hydroxylation is 4. The Bertz CT molecular complexity index is 7490. The summed E-state index contributed by atoms with van der Waals surface area (Å²) in [5.41, 5.74) is 7.78. The standard InChI is InChI=1S/2C28H29F3N6O2.2C26H27FN6O2/c2*1-15-26(38)35(3)14-21-24(33-27(37(15)21)28(2)8-11-39-12-9-28)22-16-13-17(25(30)31)23(20-7-10-36(4)34-20)32-19(16)6-5-18(22)29;2*1-15-12-32(14-29-15)22-10-18-4-5-20(27)23(19(18)11-28-22)24-21-13-31(3)26(34)16(2)33(21)25(30-24)17-6-8-35-9-7-17/h2*5-7,10,13,15,25H,8-9,11-12,14H2,1-4H3;2*4-5,10-12,14,16-17H,6-9,13H2,1-3H3/t2*15-;2*16-/m1010/s1. The van der Waals surface area contributed by atoms with E-state index in [9.17, 15) is 36.7 Å². The third-order valence-corrected chi connectivity index (χ3v) is 30.5. The molecule has 32 nitrogen and oxygen atoms in total. The second-order valence-electron chi connectivity index (χ2n) is 40.5. The van der Waals surface area contributed by atoms with E-state index >= 15 is 17.6 Å². The number of fused-ring (bicyclic) bond motifs is 8. The number of amides is 4. The van der Waals surface area contributed by atoms with E-state index in [-0.39, 0.29) is 105 Å². The molecular formula is C108H112F8N24O8. The van der Waals surface area contributed by atoms with Crippen LogP contribution in [0.15, 0.2) is 135 Å². The molecule has 40 heteroatoms. The fourth-order valence-corrected chi connectivity index (χ4v) is 22.4. The predicted molar refractivity (Wildman–Crippen MR) is 535 cm³/mol. The predicted octanol–water partition coefficient (Wildman–Crippen LogP) is 18.7. The molecule has 0 spiro atoms. The van der Waals surface area contributed by atoms with Gasteiger partial charge in [0.1, 0.15) is 118 Å². The number of nitrogens with zero attached hydrogens (tertiary/aromatic N) is 24. The summed E-state index contributed by atoms with van der Waals surface area (Å²) in [4.78, 5) is 105. The highest BCUT2D eigenvalue weighted by Crippen LogP contribution is 2.50. The lowest BCUT2D eigenvalue weighted by Crippen LogP contribution is -2.42. The Kier molecular flexibility index (Phi) is 26.3.